The topological polar surface area (TPSA) is 59.6 Å². The monoisotopic (exact) mass is 406 g/mol. The molecule has 0 saturated carbocycles. The fourth-order valence-electron chi connectivity index (χ4n) is 2.86. The molecule has 2 atom stereocenters. The van der Waals surface area contributed by atoms with Crippen LogP contribution >= 0.6 is 35.8 Å². The van der Waals surface area contributed by atoms with E-state index < -0.39 is 0 Å². The van der Waals surface area contributed by atoms with Crippen molar-refractivity contribution in [2.24, 2.45) is 0 Å². The molecule has 140 valence electrons. The van der Waals surface area contributed by atoms with Crippen molar-refractivity contribution in [3.05, 3.63) is 23.2 Å². The molecule has 25 heavy (non-hydrogen) atoms. The Hall–Kier alpha value is -0.660. The quantitative estimate of drug-likeness (QED) is 0.758. The number of anilines is 1. The molecule has 0 bridgehead atoms. The molecule has 0 aliphatic carbocycles. The zero-order valence-electron chi connectivity index (χ0n) is 14.0. The maximum Gasteiger partial charge on any atom is 0.226 e. The standard InChI is InChI=1S/C17H23ClN2O3S.ClH/c18-12-3-4-16(23-10-14-2-1-6-22-14)15(8-12)20-17(21)9-13-11-24-7-5-19-13;/h3-4,8,13-14,19H,1-2,5-7,9-11H2,(H,20,21);1H. The summed E-state index contributed by atoms with van der Waals surface area (Å²) in [5.74, 6) is 2.67. The minimum Gasteiger partial charge on any atom is -0.489 e. The zero-order chi connectivity index (χ0) is 16.8. The Morgan fingerprint density at radius 2 is 2.36 bits per heavy atom. The smallest absolute Gasteiger partial charge is 0.226 e. The second-order valence-electron chi connectivity index (χ2n) is 6.06. The first-order chi connectivity index (χ1) is 11.7. The molecule has 1 amide bonds. The van der Waals surface area contributed by atoms with E-state index in [1.165, 1.54) is 0 Å². The van der Waals surface area contributed by atoms with E-state index in [0.717, 1.165) is 37.5 Å². The van der Waals surface area contributed by atoms with Crippen molar-refractivity contribution in [2.75, 3.05) is 36.6 Å². The molecule has 2 aliphatic heterocycles. The summed E-state index contributed by atoms with van der Waals surface area (Å²) in [6.45, 7) is 2.24. The fraction of sp³-hybridized carbons (Fsp3) is 0.588. The zero-order valence-corrected chi connectivity index (χ0v) is 16.4. The van der Waals surface area contributed by atoms with Gasteiger partial charge in [-0.1, -0.05) is 11.6 Å². The van der Waals surface area contributed by atoms with Crippen LogP contribution in [0.1, 0.15) is 19.3 Å². The number of halogens is 2. The number of carbonyl (C=O) groups excluding carboxylic acids is 1. The van der Waals surface area contributed by atoms with Gasteiger partial charge in [-0.05, 0) is 31.0 Å². The third-order valence-corrected chi connectivity index (χ3v) is 5.46. The van der Waals surface area contributed by atoms with Crippen LogP contribution in [0.25, 0.3) is 0 Å². The summed E-state index contributed by atoms with van der Waals surface area (Å²) in [6, 6.07) is 5.51. The van der Waals surface area contributed by atoms with E-state index in [2.05, 4.69) is 10.6 Å². The number of nitrogens with one attached hydrogen (secondary N) is 2. The van der Waals surface area contributed by atoms with Crippen LogP contribution in [0.3, 0.4) is 0 Å². The third-order valence-electron chi connectivity index (χ3n) is 4.09. The third kappa shape index (κ3) is 6.53. The molecule has 1 aromatic rings. The summed E-state index contributed by atoms with van der Waals surface area (Å²) < 4.78 is 11.4. The number of hydrogen-bond donors (Lipinski definition) is 2. The summed E-state index contributed by atoms with van der Waals surface area (Å²) in [5.41, 5.74) is 0.619. The Balaban J connectivity index is 0.00000225. The molecule has 2 aliphatic rings. The Morgan fingerprint density at radius 1 is 1.48 bits per heavy atom. The Morgan fingerprint density at radius 3 is 3.08 bits per heavy atom. The molecule has 1 aromatic carbocycles. The highest BCUT2D eigenvalue weighted by molar-refractivity contribution is 7.99. The second-order valence-corrected chi connectivity index (χ2v) is 7.65. The van der Waals surface area contributed by atoms with Crippen molar-refractivity contribution in [3.8, 4) is 5.75 Å². The van der Waals surface area contributed by atoms with E-state index in [9.17, 15) is 4.79 Å². The van der Waals surface area contributed by atoms with Gasteiger partial charge in [0.15, 0.2) is 0 Å². The lowest BCUT2D eigenvalue weighted by molar-refractivity contribution is -0.116. The van der Waals surface area contributed by atoms with Crippen molar-refractivity contribution in [2.45, 2.75) is 31.4 Å². The van der Waals surface area contributed by atoms with E-state index in [-0.39, 0.29) is 30.5 Å². The number of ether oxygens (including phenoxy) is 2. The van der Waals surface area contributed by atoms with E-state index in [4.69, 9.17) is 21.1 Å². The Labute approximate surface area is 164 Å². The van der Waals surface area contributed by atoms with Crippen LogP contribution in [0.15, 0.2) is 18.2 Å². The molecule has 2 heterocycles. The molecule has 2 unspecified atom stereocenters. The van der Waals surface area contributed by atoms with E-state index in [1.54, 1.807) is 18.2 Å². The predicted octanol–water partition coefficient (Wildman–Crippen LogP) is 3.35. The largest absolute Gasteiger partial charge is 0.489 e. The fourth-order valence-corrected chi connectivity index (χ4v) is 3.98. The van der Waals surface area contributed by atoms with Crippen LogP contribution in [0.2, 0.25) is 5.02 Å². The van der Waals surface area contributed by atoms with Gasteiger partial charge < -0.3 is 20.1 Å². The van der Waals surface area contributed by atoms with Crippen LogP contribution in [0.5, 0.6) is 5.75 Å². The van der Waals surface area contributed by atoms with Crippen molar-refractivity contribution < 1.29 is 14.3 Å². The number of amides is 1. The molecular weight excluding hydrogens is 383 g/mol. The molecule has 0 radical (unpaired) electrons. The minimum absolute atomic E-state index is 0. The maximum absolute atomic E-state index is 12.3. The van der Waals surface area contributed by atoms with Gasteiger partial charge in [0.2, 0.25) is 5.91 Å². The van der Waals surface area contributed by atoms with Gasteiger partial charge in [0.1, 0.15) is 12.4 Å². The molecule has 2 N–H and O–H groups in total. The predicted molar refractivity (Wildman–Crippen MR) is 106 cm³/mol. The summed E-state index contributed by atoms with van der Waals surface area (Å²) >= 11 is 7.95. The molecule has 5 nitrogen and oxygen atoms in total. The van der Waals surface area contributed by atoms with Crippen molar-refractivity contribution in [1.82, 2.24) is 5.32 Å². The number of carbonyl (C=O) groups is 1. The van der Waals surface area contributed by atoms with Gasteiger partial charge in [-0.2, -0.15) is 11.8 Å². The lowest BCUT2D eigenvalue weighted by Gasteiger charge is -2.23. The summed E-state index contributed by atoms with van der Waals surface area (Å²) in [7, 11) is 0. The number of hydrogen-bond acceptors (Lipinski definition) is 5. The van der Waals surface area contributed by atoms with Crippen LogP contribution in [-0.2, 0) is 9.53 Å². The molecule has 3 rings (SSSR count). The van der Waals surface area contributed by atoms with Crippen LogP contribution in [0.4, 0.5) is 5.69 Å². The summed E-state index contributed by atoms with van der Waals surface area (Å²) in [6.07, 6.45) is 2.67. The lowest BCUT2D eigenvalue weighted by Crippen LogP contribution is -2.39. The SMILES string of the molecule is Cl.O=C(CC1CSCCN1)Nc1cc(Cl)ccc1OCC1CCCO1. The van der Waals surface area contributed by atoms with Crippen LogP contribution < -0.4 is 15.4 Å². The first-order valence-electron chi connectivity index (χ1n) is 8.35. The lowest BCUT2D eigenvalue weighted by atomic mass is 10.2. The molecule has 2 saturated heterocycles. The second kappa shape index (κ2) is 10.5. The van der Waals surface area contributed by atoms with Gasteiger partial charge in [-0.3, -0.25) is 4.79 Å². The molecular formula is C17H24Cl2N2O3S. The highest BCUT2D eigenvalue weighted by atomic mass is 35.5. The first-order valence-corrected chi connectivity index (χ1v) is 9.89. The van der Waals surface area contributed by atoms with E-state index in [1.807, 2.05) is 11.8 Å². The maximum atomic E-state index is 12.3. The molecule has 0 aromatic heterocycles. The van der Waals surface area contributed by atoms with Gasteiger partial charge in [-0.25, -0.2) is 0 Å². The highest BCUT2D eigenvalue weighted by Crippen LogP contribution is 2.29. The summed E-state index contributed by atoms with van der Waals surface area (Å²) in [5, 5.41) is 6.87. The van der Waals surface area contributed by atoms with E-state index >= 15 is 0 Å². The number of thioether (sulfide) groups is 1. The molecule has 2 fully saturated rings. The normalized spacial score (nSPS) is 22.9. The Kier molecular flexibility index (Phi) is 8.66. The van der Waals surface area contributed by atoms with Gasteiger partial charge in [0.05, 0.1) is 11.8 Å². The van der Waals surface area contributed by atoms with Crippen molar-refractivity contribution in [3.63, 3.8) is 0 Å². The van der Waals surface area contributed by atoms with Crippen molar-refractivity contribution in [1.29, 1.82) is 0 Å². The van der Waals surface area contributed by atoms with Gasteiger partial charge in [-0.15, -0.1) is 12.4 Å². The average molecular weight is 407 g/mol. The van der Waals surface area contributed by atoms with Gasteiger partial charge in [0.25, 0.3) is 0 Å². The number of benzene rings is 1. The van der Waals surface area contributed by atoms with E-state index in [0.29, 0.717) is 29.5 Å². The Bertz CT molecular complexity index is 565. The molecule has 8 heteroatoms. The van der Waals surface area contributed by atoms with Crippen LogP contribution in [0, 0.1) is 0 Å². The number of rotatable bonds is 6. The minimum atomic E-state index is -0.0285. The van der Waals surface area contributed by atoms with Gasteiger partial charge in [0, 0.05) is 42.1 Å². The first kappa shape index (κ1) is 20.6. The van der Waals surface area contributed by atoms with Crippen molar-refractivity contribution >= 4 is 47.4 Å². The average Bonchev–Trinajstić information content (AvgIpc) is 3.08. The molecule has 0 spiro atoms. The van der Waals surface area contributed by atoms with Gasteiger partial charge >= 0.3 is 0 Å². The highest BCUT2D eigenvalue weighted by Gasteiger charge is 2.19. The summed E-state index contributed by atoms with van der Waals surface area (Å²) in [4.78, 5) is 12.3. The van der Waals surface area contributed by atoms with Crippen LogP contribution in [-0.4, -0.2) is 49.3 Å².